The Bertz CT molecular complexity index is 3320. The SMILES string of the molecule is Cc1ccnc(-n2c3[c-]c(Oc4[c-]c(-n5[c](=[Pt])n(-c6c(-c7ccccc7)cccc6-c6ccccc6)c6ccccc65)ccc4)ccc3c3cc4c(cc32)OCCC4(C)C)c1. The van der Waals surface area contributed by atoms with Gasteiger partial charge < -0.3 is 4.74 Å². The van der Waals surface area contributed by atoms with E-state index in [4.69, 9.17) is 14.5 Å². The van der Waals surface area contributed by atoms with E-state index in [0.29, 0.717) is 18.1 Å². The standard InChI is InChI=1S/C54H40N4O2.Pt/c1-36-26-28-55-52(30-36)58-49-32-41(24-25-44(49)45-33-46-51(34-50(45)58)59-29-27-54(46,2)3)60-40-19-12-18-39(31-40)56-35-57(48-23-11-10-22-47(48)56)53-42(37-14-6-4-7-15-37)20-13-21-43(53)38-16-8-5-9-17-38;/h4-26,28,30,33-34H,27,29H2,1-3H3;/q-2;. The molecule has 0 radical (unpaired) electrons. The van der Waals surface area contributed by atoms with E-state index < -0.39 is 0 Å². The molecule has 11 rings (SSSR count). The summed E-state index contributed by atoms with van der Waals surface area (Å²) in [5.74, 6) is 2.93. The predicted molar refractivity (Wildman–Crippen MR) is 241 cm³/mol. The molecule has 0 saturated heterocycles. The van der Waals surface area contributed by atoms with Gasteiger partial charge in [0.1, 0.15) is 5.75 Å². The van der Waals surface area contributed by atoms with Crippen LogP contribution >= 0.6 is 0 Å². The van der Waals surface area contributed by atoms with E-state index in [1.165, 1.54) is 5.56 Å². The molecule has 1 aliphatic rings. The third-order valence-corrected chi connectivity index (χ3v) is 13.0. The minimum Gasteiger partial charge on any atom is -0.493 e. The fourth-order valence-corrected chi connectivity index (χ4v) is 9.95. The Morgan fingerprint density at radius 3 is 2.03 bits per heavy atom. The van der Waals surface area contributed by atoms with Crippen molar-refractivity contribution in [3.05, 3.63) is 191 Å². The smallest absolute Gasteiger partial charge is 0.493 e. The fraction of sp³-hybridized carbons (Fsp3) is 0.111. The molecule has 0 spiro atoms. The number of benzene rings is 7. The summed E-state index contributed by atoms with van der Waals surface area (Å²) < 4.78 is 20.8. The molecule has 0 aliphatic carbocycles. The van der Waals surface area contributed by atoms with E-state index >= 15 is 0 Å². The molecule has 0 fully saturated rings. The summed E-state index contributed by atoms with van der Waals surface area (Å²) in [6, 6.07) is 62.6. The summed E-state index contributed by atoms with van der Waals surface area (Å²) in [5, 5.41) is 2.22. The Morgan fingerprint density at radius 1 is 0.639 bits per heavy atom. The molecule has 0 atom stereocenters. The number of aryl methyl sites for hydroxylation is 1. The molecule has 10 aromatic rings. The van der Waals surface area contributed by atoms with Crippen LogP contribution in [-0.4, -0.2) is 25.3 Å². The minimum atomic E-state index is 0.00301. The van der Waals surface area contributed by atoms with Gasteiger partial charge in [-0.05, 0) is 36.0 Å². The van der Waals surface area contributed by atoms with Crippen molar-refractivity contribution in [2.45, 2.75) is 32.6 Å². The second-order valence-corrected chi connectivity index (χ2v) is 17.3. The maximum absolute atomic E-state index is 6.70. The molecule has 300 valence electrons. The summed E-state index contributed by atoms with van der Waals surface area (Å²) in [4.78, 5) is 4.83. The Kier molecular flexibility index (Phi) is 9.01. The van der Waals surface area contributed by atoms with E-state index in [1.54, 1.807) is 0 Å². The normalized spacial score (nSPS) is 13.4. The number of imidazole rings is 1. The fourth-order valence-electron chi connectivity index (χ4n) is 8.87. The number of rotatable bonds is 7. The average Bonchev–Trinajstić information content (AvgIpc) is 3.76. The van der Waals surface area contributed by atoms with E-state index in [1.807, 2.05) is 30.5 Å². The first-order chi connectivity index (χ1) is 29.8. The number of aromatic nitrogens is 4. The second-order valence-electron chi connectivity index (χ2n) is 16.3. The first kappa shape index (κ1) is 37.3. The molecule has 0 bridgehead atoms. The van der Waals surface area contributed by atoms with Crippen LogP contribution in [0.2, 0.25) is 0 Å². The predicted octanol–water partition coefficient (Wildman–Crippen LogP) is 13.1. The first-order valence-electron chi connectivity index (χ1n) is 20.6. The van der Waals surface area contributed by atoms with E-state index in [0.717, 1.165) is 93.8 Å². The number of ether oxygens (including phenoxy) is 2. The van der Waals surface area contributed by atoms with Crippen LogP contribution in [0, 0.1) is 22.9 Å². The zero-order valence-corrected chi connectivity index (χ0v) is 36.2. The van der Waals surface area contributed by atoms with Crippen LogP contribution in [0.15, 0.2) is 164 Å². The number of nitrogens with zero attached hydrogens (tertiary/aromatic N) is 4. The Labute approximate surface area is 365 Å². The van der Waals surface area contributed by atoms with E-state index in [9.17, 15) is 0 Å². The van der Waals surface area contributed by atoms with Gasteiger partial charge in [-0.25, -0.2) is 0 Å². The van der Waals surface area contributed by atoms with E-state index in [-0.39, 0.29) is 5.41 Å². The molecule has 4 heterocycles. The second kappa shape index (κ2) is 14.8. The van der Waals surface area contributed by atoms with Crippen LogP contribution in [0.5, 0.6) is 17.2 Å². The van der Waals surface area contributed by atoms with Gasteiger partial charge >= 0.3 is 294 Å². The molecule has 7 aromatic carbocycles. The van der Waals surface area contributed by atoms with Gasteiger partial charge in [-0.3, -0.25) is 0 Å². The molecular weight excluding hydrogens is 932 g/mol. The Balaban J connectivity index is 1.05. The van der Waals surface area contributed by atoms with Crippen molar-refractivity contribution in [2.24, 2.45) is 0 Å². The molecule has 0 unspecified atom stereocenters. The zero-order valence-electron chi connectivity index (χ0n) is 33.9. The third kappa shape index (κ3) is 6.36. The van der Waals surface area contributed by atoms with Crippen LogP contribution in [0.1, 0.15) is 31.4 Å². The third-order valence-electron chi connectivity index (χ3n) is 11.9. The molecular formula is C54H40N4O2Pt-2. The van der Waals surface area contributed by atoms with Gasteiger partial charge in [-0.15, -0.1) is 0 Å². The number of para-hydroxylation sites is 3. The van der Waals surface area contributed by atoms with E-state index in [2.05, 4.69) is 199 Å². The molecule has 6 nitrogen and oxygen atoms in total. The summed E-state index contributed by atoms with van der Waals surface area (Å²) in [6.45, 7) is 7.38. The van der Waals surface area contributed by atoms with Crippen molar-refractivity contribution in [1.82, 2.24) is 18.7 Å². The molecule has 7 heteroatoms. The molecule has 0 amide bonds. The summed E-state index contributed by atoms with van der Waals surface area (Å²) in [7, 11) is 0. The Hall–Kier alpha value is -6.75. The average molecular weight is 972 g/mol. The van der Waals surface area contributed by atoms with Crippen LogP contribution in [-0.2, 0) is 24.8 Å². The Morgan fingerprint density at radius 2 is 1.31 bits per heavy atom. The maximum atomic E-state index is 6.70. The van der Waals surface area contributed by atoms with Crippen molar-refractivity contribution < 1.29 is 28.8 Å². The molecule has 61 heavy (non-hydrogen) atoms. The van der Waals surface area contributed by atoms with Gasteiger partial charge in [0.2, 0.25) is 0 Å². The van der Waals surface area contributed by atoms with Crippen LogP contribution in [0.3, 0.4) is 0 Å². The summed E-state index contributed by atoms with van der Waals surface area (Å²) in [6.07, 6.45) is 2.83. The van der Waals surface area contributed by atoms with Gasteiger partial charge in [-0.1, -0.05) is 13.8 Å². The van der Waals surface area contributed by atoms with Gasteiger partial charge in [-0.2, -0.15) is 0 Å². The number of fused-ring (bicyclic) bond motifs is 5. The zero-order chi connectivity index (χ0) is 41.2. The van der Waals surface area contributed by atoms with Crippen molar-refractivity contribution in [3.8, 4) is 56.7 Å². The summed E-state index contributed by atoms with van der Waals surface area (Å²) >= 11 is 2.47. The van der Waals surface area contributed by atoms with Gasteiger partial charge in [0.25, 0.3) is 0 Å². The van der Waals surface area contributed by atoms with Gasteiger partial charge in [0.15, 0.2) is 0 Å². The molecule has 0 N–H and O–H groups in total. The molecule has 0 saturated carbocycles. The topological polar surface area (TPSA) is 46.1 Å². The van der Waals surface area contributed by atoms with Crippen molar-refractivity contribution in [1.29, 1.82) is 0 Å². The van der Waals surface area contributed by atoms with Gasteiger partial charge in [0, 0.05) is 6.20 Å². The molecule has 1 aliphatic heterocycles. The number of pyridine rings is 1. The van der Waals surface area contributed by atoms with Gasteiger partial charge in [0.05, 0.1) is 6.61 Å². The van der Waals surface area contributed by atoms with Crippen molar-refractivity contribution >= 4 is 32.8 Å². The number of hydrogen-bond acceptors (Lipinski definition) is 3. The monoisotopic (exact) mass is 971 g/mol. The number of hydrogen-bond donors (Lipinski definition) is 0. The van der Waals surface area contributed by atoms with Crippen molar-refractivity contribution in [2.75, 3.05) is 6.61 Å². The van der Waals surface area contributed by atoms with Crippen molar-refractivity contribution in [3.63, 3.8) is 0 Å². The van der Waals surface area contributed by atoms with Crippen LogP contribution in [0.25, 0.3) is 72.3 Å². The minimum absolute atomic E-state index is 0.00301. The summed E-state index contributed by atoms with van der Waals surface area (Å²) in [5.41, 5.74) is 13.0. The van der Waals surface area contributed by atoms with Crippen LogP contribution < -0.4 is 9.47 Å². The quantitative estimate of drug-likeness (QED) is 0.150. The first-order valence-corrected chi connectivity index (χ1v) is 21.7. The van der Waals surface area contributed by atoms with Crippen LogP contribution in [0.4, 0.5) is 0 Å². The molecule has 3 aromatic heterocycles.